The van der Waals surface area contributed by atoms with Crippen molar-refractivity contribution in [2.45, 2.75) is 17.4 Å². The van der Waals surface area contributed by atoms with Crippen LogP contribution in [0.1, 0.15) is 16.6 Å². The fraction of sp³-hybridized carbons (Fsp3) is 0.250. The van der Waals surface area contributed by atoms with Gasteiger partial charge in [0.05, 0.1) is 9.90 Å². The molecule has 0 aliphatic rings. The van der Waals surface area contributed by atoms with Crippen LogP contribution in [0.15, 0.2) is 40.7 Å². The fourth-order valence-corrected chi connectivity index (χ4v) is 2.99. The van der Waals surface area contributed by atoms with Gasteiger partial charge in [0, 0.05) is 30.3 Å². The van der Waals surface area contributed by atoms with Crippen LogP contribution >= 0.6 is 11.3 Å². The zero-order valence-corrected chi connectivity index (χ0v) is 11.5. The number of hydrogen-bond acceptors (Lipinski definition) is 5. The minimum absolute atomic E-state index is 0.238. The first-order valence-corrected chi connectivity index (χ1v) is 8.18. The standard InChI is InChI=1S/C12H14N2O2S2/c1-18(15,16)10-4-2-3-9(7-10)11(13)8-12-14-5-6-17-12/h2-7,11H,8,13H2,1H3. The van der Waals surface area contributed by atoms with Crippen LogP contribution < -0.4 is 5.73 Å². The normalized spacial score (nSPS) is 13.4. The third-order valence-corrected chi connectivity index (χ3v) is 4.50. The van der Waals surface area contributed by atoms with Gasteiger partial charge >= 0.3 is 0 Å². The van der Waals surface area contributed by atoms with E-state index in [9.17, 15) is 8.42 Å². The van der Waals surface area contributed by atoms with Gasteiger partial charge in [-0.1, -0.05) is 12.1 Å². The number of nitrogens with two attached hydrogens (primary N) is 1. The lowest BCUT2D eigenvalue weighted by Crippen LogP contribution is -2.13. The van der Waals surface area contributed by atoms with Gasteiger partial charge in [-0.25, -0.2) is 13.4 Å². The molecule has 2 rings (SSSR count). The zero-order chi connectivity index (χ0) is 13.2. The molecule has 2 aromatic rings. The Kier molecular flexibility index (Phi) is 3.79. The Hall–Kier alpha value is -1.24. The largest absolute Gasteiger partial charge is 0.324 e. The molecule has 0 radical (unpaired) electrons. The van der Waals surface area contributed by atoms with Gasteiger partial charge < -0.3 is 5.73 Å². The number of hydrogen-bond donors (Lipinski definition) is 1. The lowest BCUT2D eigenvalue weighted by Gasteiger charge is -2.11. The molecule has 0 fully saturated rings. The van der Waals surface area contributed by atoms with Gasteiger partial charge in [0.15, 0.2) is 9.84 Å². The van der Waals surface area contributed by atoms with Crippen molar-refractivity contribution in [1.82, 2.24) is 4.98 Å². The molecule has 0 saturated heterocycles. The van der Waals surface area contributed by atoms with Crippen LogP contribution in [-0.2, 0) is 16.3 Å². The summed E-state index contributed by atoms with van der Waals surface area (Å²) in [7, 11) is -3.19. The quantitative estimate of drug-likeness (QED) is 0.928. The Balaban J connectivity index is 2.23. The van der Waals surface area contributed by atoms with Gasteiger partial charge in [-0.3, -0.25) is 0 Å². The smallest absolute Gasteiger partial charge is 0.175 e. The average Bonchev–Trinajstić information content (AvgIpc) is 2.81. The van der Waals surface area contributed by atoms with E-state index in [0.29, 0.717) is 11.3 Å². The molecule has 4 nitrogen and oxygen atoms in total. The van der Waals surface area contributed by atoms with Crippen LogP contribution in [0, 0.1) is 0 Å². The van der Waals surface area contributed by atoms with Gasteiger partial charge in [0.25, 0.3) is 0 Å². The lowest BCUT2D eigenvalue weighted by atomic mass is 10.1. The summed E-state index contributed by atoms with van der Waals surface area (Å²) >= 11 is 1.55. The average molecular weight is 282 g/mol. The van der Waals surface area contributed by atoms with E-state index in [4.69, 9.17) is 5.73 Å². The molecule has 1 atom stereocenters. The number of benzene rings is 1. The SMILES string of the molecule is CS(=O)(=O)c1cccc(C(N)Cc2nccs2)c1. The fourth-order valence-electron chi connectivity index (χ4n) is 1.64. The summed E-state index contributed by atoms with van der Waals surface area (Å²) < 4.78 is 22.9. The monoisotopic (exact) mass is 282 g/mol. The van der Waals surface area contributed by atoms with Gasteiger partial charge in [-0.15, -0.1) is 11.3 Å². The first-order chi connectivity index (χ1) is 8.47. The van der Waals surface area contributed by atoms with Crippen molar-refractivity contribution in [2.75, 3.05) is 6.26 Å². The highest BCUT2D eigenvalue weighted by atomic mass is 32.2. The number of aromatic nitrogens is 1. The molecular formula is C12H14N2O2S2. The summed E-state index contributed by atoms with van der Waals surface area (Å²) in [4.78, 5) is 4.47. The van der Waals surface area contributed by atoms with E-state index in [1.54, 1.807) is 35.7 Å². The van der Waals surface area contributed by atoms with Gasteiger partial charge in [-0.2, -0.15) is 0 Å². The maximum Gasteiger partial charge on any atom is 0.175 e. The van der Waals surface area contributed by atoms with Crippen molar-refractivity contribution in [1.29, 1.82) is 0 Å². The topological polar surface area (TPSA) is 73.0 Å². The van der Waals surface area contributed by atoms with Crippen molar-refractivity contribution < 1.29 is 8.42 Å². The molecule has 0 aliphatic heterocycles. The summed E-state index contributed by atoms with van der Waals surface area (Å²) in [5.74, 6) is 0. The second-order valence-electron chi connectivity index (χ2n) is 4.08. The first kappa shape index (κ1) is 13.2. The van der Waals surface area contributed by atoms with Crippen molar-refractivity contribution in [3.05, 3.63) is 46.4 Å². The zero-order valence-electron chi connectivity index (χ0n) is 9.91. The predicted molar refractivity (Wildman–Crippen MR) is 72.3 cm³/mol. The summed E-state index contributed by atoms with van der Waals surface area (Å²) in [6.07, 6.45) is 3.54. The minimum atomic E-state index is -3.19. The van der Waals surface area contributed by atoms with Crippen LogP contribution in [0.25, 0.3) is 0 Å². The van der Waals surface area contributed by atoms with Gasteiger partial charge in [-0.05, 0) is 17.7 Å². The molecule has 6 heteroatoms. The minimum Gasteiger partial charge on any atom is -0.324 e. The second kappa shape index (κ2) is 5.17. The number of nitrogens with zero attached hydrogens (tertiary/aromatic N) is 1. The Morgan fingerprint density at radius 3 is 2.83 bits per heavy atom. The molecular weight excluding hydrogens is 268 g/mol. The van der Waals surface area contributed by atoms with E-state index >= 15 is 0 Å². The highest BCUT2D eigenvalue weighted by Crippen LogP contribution is 2.20. The molecule has 0 spiro atoms. The molecule has 0 amide bonds. The van der Waals surface area contributed by atoms with Crippen LogP contribution in [0.3, 0.4) is 0 Å². The van der Waals surface area contributed by atoms with E-state index in [1.165, 1.54) is 6.26 Å². The molecule has 0 bridgehead atoms. The lowest BCUT2D eigenvalue weighted by molar-refractivity contribution is 0.601. The van der Waals surface area contributed by atoms with E-state index in [0.717, 1.165) is 10.6 Å². The molecule has 96 valence electrons. The number of sulfone groups is 1. The number of thiazole rings is 1. The Labute approximate surface area is 110 Å². The maximum atomic E-state index is 11.5. The van der Waals surface area contributed by atoms with Crippen LogP contribution in [-0.4, -0.2) is 19.7 Å². The third kappa shape index (κ3) is 3.16. The Bertz CT molecular complexity index is 621. The highest BCUT2D eigenvalue weighted by Gasteiger charge is 2.12. The third-order valence-electron chi connectivity index (χ3n) is 2.59. The molecule has 2 N–H and O–H groups in total. The highest BCUT2D eigenvalue weighted by molar-refractivity contribution is 7.90. The Morgan fingerprint density at radius 2 is 2.22 bits per heavy atom. The van der Waals surface area contributed by atoms with Crippen molar-refractivity contribution in [2.24, 2.45) is 5.73 Å². The number of rotatable bonds is 4. The molecule has 0 saturated carbocycles. The van der Waals surface area contributed by atoms with Crippen LogP contribution in [0.4, 0.5) is 0 Å². The van der Waals surface area contributed by atoms with E-state index in [1.807, 2.05) is 11.4 Å². The van der Waals surface area contributed by atoms with Crippen molar-refractivity contribution in [3.8, 4) is 0 Å². The summed E-state index contributed by atoms with van der Waals surface area (Å²) in [5, 5.41) is 2.85. The predicted octanol–water partition coefficient (Wildman–Crippen LogP) is 1.79. The molecule has 1 heterocycles. The molecule has 1 aromatic carbocycles. The van der Waals surface area contributed by atoms with E-state index in [-0.39, 0.29) is 6.04 Å². The van der Waals surface area contributed by atoms with Gasteiger partial charge in [0.1, 0.15) is 0 Å². The molecule has 18 heavy (non-hydrogen) atoms. The Morgan fingerprint density at radius 1 is 1.44 bits per heavy atom. The van der Waals surface area contributed by atoms with E-state index in [2.05, 4.69) is 4.98 Å². The molecule has 1 aromatic heterocycles. The molecule has 0 aliphatic carbocycles. The van der Waals surface area contributed by atoms with Crippen LogP contribution in [0.5, 0.6) is 0 Å². The van der Waals surface area contributed by atoms with Crippen LogP contribution in [0.2, 0.25) is 0 Å². The molecule has 1 unspecified atom stereocenters. The van der Waals surface area contributed by atoms with E-state index < -0.39 is 9.84 Å². The summed E-state index contributed by atoms with van der Waals surface area (Å²) in [5.41, 5.74) is 6.88. The van der Waals surface area contributed by atoms with Gasteiger partial charge in [0.2, 0.25) is 0 Å². The maximum absolute atomic E-state index is 11.5. The van der Waals surface area contributed by atoms with Crippen molar-refractivity contribution >= 4 is 21.2 Å². The first-order valence-electron chi connectivity index (χ1n) is 5.41. The summed E-state index contributed by atoms with van der Waals surface area (Å²) in [6.45, 7) is 0. The summed E-state index contributed by atoms with van der Waals surface area (Å²) in [6, 6.07) is 6.53. The second-order valence-corrected chi connectivity index (χ2v) is 7.08. The van der Waals surface area contributed by atoms with Crippen molar-refractivity contribution in [3.63, 3.8) is 0 Å².